The molecule has 0 atom stereocenters. The molecular weight excluding hydrogens is 348 g/mol. The highest BCUT2D eigenvalue weighted by atomic mass is 35.5. The molecule has 0 aliphatic carbocycles. The Morgan fingerprint density at radius 3 is 2.32 bits per heavy atom. The van der Waals surface area contributed by atoms with Crippen molar-refractivity contribution in [3.63, 3.8) is 0 Å². The lowest BCUT2D eigenvalue weighted by atomic mass is 10.2. The predicted octanol–water partition coefficient (Wildman–Crippen LogP) is 3.07. The Morgan fingerprint density at radius 2 is 1.80 bits per heavy atom. The maximum Gasteiger partial charge on any atom is 0.350 e. The smallest absolute Gasteiger partial charge is 0.350 e. The number of hydrogen-bond acceptors (Lipinski definition) is 6. The summed E-state index contributed by atoms with van der Waals surface area (Å²) in [6.45, 7) is 6.48. The molecule has 1 aliphatic rings. The van der Waals surface area contributed by atoms with Gasteiger partial charge < -0.3 is 20.1 Å². The molecule has 1 amide bonds. The van der Waals surface area contributed by atoms with E-state index >= 15 is 0 Å². The van der Waals surface area contributed by atoms with Gasteiger partial charge in [0, 0.05) is 31.7 Å². The van der Waals surface area contributed by atoms with Gasteiger partial charge in [0.2, 0.25) is 5.91 Å². The third kappa shape index (κ3) is 4.73. The van der Waals surface area contributed by atoms with Gasteiger partial charge in [-0.05, 0) is 18.2 Å². The van der Waals surface area contributed by atoms with Crippen molar-refractivity contribution in [1.82, 2.24) is 0 Å². The van der Waals surface area contributed by atoms with Crippen LogP contribution in [0.5, 0.6) is 0 Å². The number of nitrogens with one attached hydrogen (secondary N) is 2. The van der Waals surface area contributed by atoms with E-state index in [4.69, 9.17) is 21.1 Å². The quantitative estimate of drug-likeness (QED) is 0.483. The zero-order chi connectivity index (χ0) is 18.8. The molecule has 1 aromatic rings. The van der Waals surface area contributed by atoms with E-state index < -0.39 is 17.7 Å². The third-order valence-corrected chi connectivity index (χ3v) is 3.56. The van der Waals surface area contributed by atoms with Gasteiger partial charge in [-0.1, -0.05) is 25.4 Å². The van der Waals surface area contributed by atoms with E-state index in [1.54, 1.807) is 32.0 Å². The van der Waals surface area contributed by atoms with Crippen LogP contribution in [0, 0.1) is 5.92 Å². The molecule has 0 bridgehead atoms. The van der Waals surface area contributed by atoms with Crippen LogP contribution >= 0.6 is 11.6 Å². The first-order valence-corrected chi connectivity index (χ1v) is 8.00. The van der Waals surface area contributed by atoms with Crippen LogP contribution in [0.15, 0.2) is 30.0 Å². The number of benzene rings is 1. The molecule has 8 heteroatoms. The van der Waals surface area contributed by atoms with Crippen LogP contribution < -0.4 is 10.6 Å². The van der Waals surface area contributed by atoms with Crippen molar-refractivity contribution in [2.75, 3.05) is 10.6 Å². The molecule has 1 aromatic carbocycles. The number of cyclic esters (lactones) is 2. The number of halogens is 1. The second kappa shape index (κ2) is 7.14. The first kappa shape index (κ1) is 18.8. The minimum absolute atomic E-state index is 0.153. The second-order valence-corrected chi connectivity index (χ2v) is 6.63. The maximum atomic E-state index is 11.8. The summed E-state index contributed by atoms with van der Waals surface area (Å²) < 4.78 is 9.98. The number of rotatable bonds is 4. The molecule has 1 saturated heterocycles. The van der Waals surface area contributed by atoms with E-state index in [9.17, 15) is 14.4 Å². The summed E-state index contributed by atoms with van der Waals surface area (Å²) in [7, 11) is 0. The van der Waals surface area contributed by atoms with Crippen LogP contribution in [0.3, 0.4) is 0 Å². The van der Waals surface area contributed by atoms with Crippen LogP contribution in [0.4, 0.5) is 11.4 Å². The van der Waals surface area contributed by atoms with E-state index in [2.05, 4.69) is 10.6 Å². The van der Waals surface area contributed by atoms with Crippen LogP contribution in [0.2, 0.25) is 5.02 Å². The van der Waals surface area contributed by atoms with E-state index in [0.717, 1.165) is 0 Å². The number of anilines is 2. The molecule has 2 N–H and O–H groups in total. The summed E-state index contributed by atoms with van der Waals surface area (Å²) in [6.07, 6.45) is 1.19. The zero-order valence-corrected chi connectivity index (χ0v) is 15.1. The Hall–Kier alpha value is -2.54. The Kier molecular flexibility index (Phi) is 5.37. The highest BCUT2D eigenvalue weighted by Crippen LogP contribution is 2.27. The van der Waals surface area contributed by atoms with E-state index in [1.807, 2.05) is 0 Å². The number of carbonyl (C=O) groups excluding carboxylic acids is 3. The van der Waals surface area contributed by atoms with E-state index in [1.165, 1.54) is 20.0 Å². The number of carbonyl (C=O) groups is 3. The Morgan fingerprint density at radius 1 is 1.20 bits per heavy atom. The molecule has 1 heterocycles. The lowest BCUT2D eigenvalue weighted by Gasteiger charge is -2.29. The molecule has 134 valence electrons. The highest BCUT2D eigenvalue weighted by molar-refractivity contribution is 6.34. The van der Waals surface area contributed by atoms with Crippen molar-refractivity contribution in [2.24, 2.45) is 5.92 Å². The predicted molar refractivity (Wildman–Crippen MR) is 92.9 cm³/mol. The summed E-state index contributed by atoms with van der Waals surface area (Å²) in [5.74, 6) is -3.17. The van der Waals surface area contributed by atoms with Gasteiger partial charge in [0.15, 0.2) is 5.57 Å². The normalized spacial score (nSPS) is 16.2. The van der Waals surface area contributed by atoms with Gasteiger partial charge in [-0.25, -0.2) is 9.59 Å². The van der Waals surface area contributed by atoms with E-state index in [0.29, 0.717) is 16.4 Å². The topological polar surface area (TPSA) is 93.7 Å². The fourth-order valence-electron chi connectivity index (χ4n) is 1.92. The lowest BCUT2D eigenvalue weighted by Crippen LogP contribution is -2.42. The molecule has 25 heavy (non-hydrogen) atoms. The lowest BCUT2D eigenvalue weighted by molar-refractivity contribution is -0.222. The van der Waals surface area contributed by atoms with Crippen molar-refractivity contribution in [3.05, 3.63) is 35.0 Å². The first-order chi connectivity index (χ1) is 11.6. The van der Waals surface area contributed by atoms with Crippen molar-refractivity contribution in [2.45, 2.75) is 33.5 Å². The minimum Gasteiger partial charge on any atom is -0.419 e. The molecular formula is C17H19ClN2O5. The maximum absolute atomic E-state index is 11.8. The van der Waals surface area contributed by atoms with Crippen molar-refractivity contribution in [3.8, 4) is 0 Å². The Balaban J connectivity index is 2.11. The zero-order valence-electron chi connectivity index (χ0n) is 14.3. The average Bonchev–Trinajstić information content (AvgIpc) is 2.47. The van der Waals surface area contributed by atoms with Crippen LogP contribution in [-0.4, -0.2) is 23.6 Å². The van der Waals surface area contributed by atoms with E-state index in [-0.39, 0.29) is 17.4 Å². The van der Waals surface area contributed by atoms with Crippen LogP contribution in [-0.2, 0) is 23.9 Å². The minimum atomic E-state index is -1.29. The summed E-state index contributed by atoms with van der Waals surface area (Å²) >= 11 is 6.14. The molecule has 0 aromatic heterocycles. The standard InChI is InChI=1S/C17H19ClN2O5/c1-9(2)14(21)20-13-6-5-10(7-12(13)18)19-8-11-15(22)24-17(3,4)25-16(11)23/h5-9,19H,1-4H3,(H,20,21). The van der Waals surface area contributed by atoms with Gasteiger partial charge in [0.25, 0.3) is 5.79 Å². The van der Waals surface area contributed by atoms with Gasteiger partial charge in [0.05, 0.1) is 10.7 Å². The molecule has 2 rings (SSSR count). The first-order valence-electron chi connectivity index (χ1n) is 7.63. The fourth-order valence-corrected chi connectivity index (χ4v) is 2.15. The van der Waals surface area contributed by atoms with Crippen LogP contribution in [0.25, 0.3) is 0 Å². The Bertz CT molecular complexity index is 733. The Labute approximate surface area is 150 Å². The summed E-state index contributed by atoms with van der Waals surface area (Å²) in [5.41, 5.74) is 0.731. The highest BCUT2D eigenvalue weighted by Gasteiger charge is 2.38. The molecule has 0 unspecified atom stereocenters. The number of hydrogen-bond donors (Lipinski definition) is 2. The van der Waals surface area contributed by atoms with Crippen molar-refractivity contribution < 1.29 is 23.9 Å². The average molecular weight is 367 g/mol. The van der Waals surface area contributed by atoms with Gasteiger partial charge in [-0.2, -0.15) is 0 Å². The second-order valence-electron chi connectivity index (χ2n) is 6.22. The molecule has 0 radical (unpaired) electrons. The van der Waals surface area contributed by atoms with Crippen LogP contribution in [0.1, 0.15) is 27.7 Å². The summed E-state index contributed by atoms with van der Waals surface area (Å²) in [4.78, 5) is 35.4. The molecule has 1 fully saturated rings. The van der Waals surface area contributed by atoms with Crippen molar-refractivity contribution >= 4 is 40.8 Å². The number of ether oxygens (including phenoxy) is 2. The van der Waals surface area contributed by atoms with Gasteiger partial charge in [-0.15, -0.1) is 0 Å². The fraction of sp³-hybridized carbons (Fsp3) is 0.353. The summed E-state index contributed by atoms with van der Waals surface area (Å²) in [6, 6.07) is 4.81. The van der Waals surface area contributed by atoms with Gasteiger partial charge in [-0.3, -0.25) is 4.79 Å². The monoisotopic (exact) mass is 366 g/mol. The number of esters is 2. The van der Waals surface area contributed by atoms with Crippen molar-refractivity contribution in [1.29, 1.82) is 0 Å². The molecule has 0 saturated carbocycles. The van der Waals surface area contributed by atoms with Gasteiger partial charge in [0.1, 0.15) is 0 Å². The third-order valence-electron chi connectivity index (χ3n) is 3.25. The molecule has 1 aliphatic heterocycles. The largest absolute Gasteiger partial charge is 0.419 e. The molecule has 7 nitrogen and oxygen atoms in total. The summed E-state index contributed by atoms with van der Waals surface area (Å²) in [5, 5.41) is 5.80. The SMILES string of the molecule is CC(C)C(=O)Nc1ccc(NC=C2C(=O)OC(C)(C)OC2=O)cc1Cl. The molecule has 0 spiro atoms. The number of amides is 1. The van der Waals surface area contributed by atoms with Gasteiger partial charge >= 0.3 is 11.9 Å².